The van der Waals surface area contributed by atoms with Crippen molar-refractivity contribution in [2.45, 2.75) is 12.8 Å². The number of Topliss-reactive ketones (excluding diaryl/α,β-unsaturated/α-hetero) is 2. The lowest BCUT2D eigenvalue weighted by Crippen LogP contribution is -2.71. The van der Waals surface area contributed by atoms with E-state index in [1.54, 1.807) is 6.08 Å². The molecule has 4 nitrogen and oxygen atoms in total. The summed E-state index contributed by atoms with van der Waals surface area (Å²) in [7, 11) is -2.97. The summed E-state index contributed by atoms with van der Waals surface area (Å²) in [5.74, 6) is -0.904. The molecule has 0 amide bonds. The Morgan fingerprint density at radius 1 is 0.690 bits per heavy atom. The fourth-order valence-electron chi connectivity index (χ4n) is 3.62. The van der Waals surface area contributed by atoms with Crippen LogP contribution in [0.4, 0.5) is 0 Å². The Balaban J connectivity index is 1.85. The number of ketones is 2. The molecule has 0 atom stereocenters. The van der Waals surface area contributed by atoms with Crippen molar-refractivity contribution in [1.29, 1.82) is 0 Å². The molecule has 1 aliphatic carbocycles. The first kappa shape index (κ1) is 19.1. The average molecular weight is 400 g/mol. The highest BCUT2D eigenvalue weighted by Gasteiger charge is 2.43. The molecular formula is C24H21NO3Si. The second-order valence-electron chi connectivity index (χ2n) is 6.89. The molecule has 1 aliphatic rings. The monoisotopic (exact) mass is 399 g/mol. The van der Waals surface area contributed by atoms with Crippen molar-refractivity contribution in [1.82, 2.24) is 5.48 Å². The van der Waals surface area contributed by atoms with E-state index in [0.717, 1.165) is 15.6 Å². The molecule has 5 heteroatoms. The van der Waals surface area contributed by atoms with Crippen LogP contribution in [0.15, 0.2) is 103 Å². The third-order valence-electron chi connectivity index (χ3n) is 5.07. The Labute approximate surface area is 170 Å². The van der Waals surface area contributed by atoms with Crippen LogP contribution in [0.2, 0.25) is 0 Å². The van der Waals surface area contributed by atoms with Gasteiger partial charge >= 0.3 is 8.32 Å². The van der Waals surface area contributed by atoms with Gasteiger partial charge in [-0.1, -0.05) is 97.1 Å². The highest BCUT2D eigenvalue weighted by Crippen LogP contribution is 2.13. The van der Waals surface area contributed by atoms with Gasteiger partial charge in [-0.3, -0.25) is 15.1 Å². The van der Waals surface area contributed by atoms with Crippen LogP contribution in [0.3, 0.4) is 0 Å². The van der Waals surface area contributed by atoms with Crippen molar-refractivity contribution >= 4 is 35.4 Å². The zero-order valence-electron chi connectivity index (χ0n) is 15.9. The van der Waals surface area contributed by atoms with Crippen molar-refractivity contribution < 1.29 is 14.1 Å². The Hall–Kier alpha value is -3.28. The van der Waals surface area contributed by atoms with Crippen LogP contribution in [-0.4, -0.2) is 19.9 Å². The molecule has 0 radical (unpaired) electrons. The van der Waals surface area contributed by atoms with E-state index in [0.29, 0.717) is 6.42 Å². The van der Waals surface area contributed by atoms with E-state index >= 15 is 0 Å². The van der Waals surface area contributed by atoms with Crippen molar-refractivity contribution in [3.8, 4) is 0 Å². The molecule has 3 aromatic carbocycles. The third kappa shape index (κ3) is 3.70. The quantitative estimate of drug-likeness (QED) is 0.298. The van der Waals surface area contributed by atoms with E-state index in [9.17, 15) is 9.59 Å². The minimum Gasteiger partial charge on any atom is -0.305 e. The van der Waals surface area contributed by atoms with Crippen LogP contribution in [0.25, 0.3) is 0 Å². The van der Waals surface area contributed by atoms with E-state index in [4.69, 9.17) is 4.53 Å². The van der Waals surface area contributed by atoms with Gasteiger partial charge in [-0.05, 0) is 22.0 Å². The Bertz CT molecular complexity index is 937. The standard InChI is InChI=1S/C24H21NO3Si/c26-23-18-10-17-22(24(23)27)25-28-29(19-11-4-1-5-12-19,20-13-6-2-7-14-20)21-15-8-3-9-16-21/h1-9,11-17,25H,10,18H2. The second-order valence-corrected chi connectivity index (χ2v) is 10.2. The molecule has 0 saturated heterocycles. The fourth-order valence-corrected chi connectivity index (χ4v) is 7.22. The smallest absolute Gasteiger partial charge is 0.305 e. The summed E-state index contributed by atoms with van der Waals surface area (Å²) < 4.78 is 6.49. The maximum Gasteiger partial charge on any atom is 0.321 e. The van der Waals surface area contributed by atoms with Crippen LogP contribution >= 0.6 is 0 Å². The molecule has 1 N–H and O–H groups in total. The summed E-state index contributed by atoms with van der Waals surface area (Å²) in [6.45, 7) is 0. The zero-order valence-corrected chi connectivity index (χ0v) is 16.9. The normalized spacial score (nSPS) is 14.4. The minimum atomic E-state index is -2.97. The predicted octanol–water partition coefficient (Wildman–Crippen LogP) is 1.99. The highest BCUT2D eigenvalue weighted by atomic mass is 28.4. The van der Waals surface area contributed by atoms with E-state index in [1.807, 2.05) is 54.6 Å². The highest BCUT2D eigenvalue weighted by molar-refractivity contribution is 7.07. The summed E-state index contributed by atoms with van der Waals surface area (Å²) >= 11 is 0. The summed E-state index contributed by atoms with van der Waals surface area (Å²) in [5, 5.41) is 3.13. The lowest BCUT2D eigenvalue weighted by Gasteiger charge is -2.33. The molecule has 29 heavy (non-hydrogen) atoms. The lowest BCUT2D eigenvalue weighted by atomic mass is 10.0. The number of nitrogens with one attached hydrogen (secondary N) is 1. The van der Waals surface area contributed by atoms with Gasteiger partial charge in [0.25, 0.3) is 0 Å². The molecule has 4 rings (SSSR count). The molecule has 0 aromatic heterocycles. The van der Waals surface area contributed by atoms with E-state index in [2.05, 4.69) is 41.9 Å². The minimum absolute atomic E-state index is 0.223. The van der Waals surface area contributed by atoms with Gasteiger partial charge in [-0.15, -0.1) is 0 Å². The molecule has 0 spiro atoms. The van der Waals surface area contributed by atoms with Gasteiger partial charge < -0.3 is 4.53 Å². The zero-order chi connectivity index (χ0) is 20.1. The van der Waals surface area contributed by atoms with Crippen molar-refractivity contribution in [3.63, 3.8) is 0 Å². The van der Waals surface area contributed by atoms with Gasteiger partial charge in [-0.2, -0.15) is 0 Å². The van der Waals surface area contributed by atoms with Crippen LogP contribution in [0, 0.1) is 0 Å². The molecule has 0 unspecified atom stereocenters. The molecule has 0 heterocycles. The topological polar surface area (TPSA) is 55.4 Å². The van der Waals surface area contributed by atoms with E-state index in [1.165, 1.54) is 0 Å². The van der Waals surface area contributed by atoms with Crippen LogP contribution in [-0.2, 0) is 14.1 Å². The van der Waals surface area contributed by atoms with Gasteiger partial charge in [0, 0.05) is 6.42 Å². The number of allylic oxidation sites excluding steroid dienone is 2. The van der Waals surface area contributed by atoms with Gasteiger partial charge in [0.05, 0.1) is 0 Å². The number of carbonyl (C=O) groups is 2. The third-order valence-corrected chi connectivity index (χ3v) is 8.92. The predicted molar refractivity (Wildman–Crippen MR) is 116 cm³/mol. The Morgan fingerprint density at radius 3 is 1.59 bits per heavy atom. The fraction of sp³-hybridized carbons (Fsp3) is 0.0833. The lowest BCUT2D eigenvalue weighted by molar-refractivity contribution is -0.135. The first-order chi connectivity index (χ1) is 14.2. The number of rotatable bonds is 6. The number of hydrogen-bond acceptors (Lipinski definition) is 4. The molecule has 144 valence electrons. The largest absolute Gasteiger partial charge is 0.321 e. The van der Waals surface area contributed by atoms with Gasteiger partial charge in [0.15, 0.2) is 0 Å². The van der Waals surface area contributed by atoms with Crippen molar-refractivity contribution in [3.05, 3.63) is 103 Å². The summed E-state index contributed by atoms with van der Waals surface area (Å²) in [4.78, 5) is 24.2. The maximum atomic E-state index is 12.3. The number of hydrogen-bond donors (Lipinski definition) is 1. The SMILES string of the molecule is O=C1CCC=C(NO[Si](c2ccccc2)(c2ccccc2)c2ccccc2)C1=O. The Kier molecular flexibility index (Phi) is 5.51. The maximum absolute atomic E-state index is 12.3. The van der Waals surface area contributed by atoms with Gasteiger partial charge in [0.1, 0.15) is 5.70 Å². The first-order valence-corrected chi connectivity index (χ1v) is 11.5. The van der Waals surface area contributed by atoms with Crippen LogP contribution in [0.5, 0.6) is 0 Å². The molecular weight excluding hydrogens is 378 g/mol. The Morgan fingerprint density at radius 2 is 1.14 bits per heavy atom. The molecule has 0 bridgehead atoms. The van der Waals surface area contributed by atoms with Gasteiger partial charge in [-0.25, -0.2) is 0 Å². The number of hydroxylamine groups is 1. The number of carbonyl (C=O) groups excluding carboxylic acids is 2. The van der Waals surface area contributed by atoms with Gasteiger partial charge in [0.2, 0.25) is 11.6 Å². The van der Waals surface area contributed by atoms with Crippen LogP contribution < -0.4 is 21.0 Å². The summed E-state index contributed by atoms with van der Waals surface area (Å²) in [5.41, 5.74) is 3.11. The molecule has 3 aromatic rings. The first-order valence-electron chi connectivity index (χ1n) is 9.60. The average Bonchev–Trinajstić information content (AvgIpc) is 2.79. The van der Waals surface area contributed by atoms with E-state index < -0.39 is 14.1 Å². The summed E-state index contributed by atoms with van der Waals surface area (Å²) in [6, 6.07) is 30.1. The molecule has 0 saturated carbocycles. The van der Waals surface area contributed by atoms with Crippen LogP contribution in [0.1, 0.15) is 12.8 Å². The van der Waals surface area contributed by atoms with Crippen molar-refractivity contribution in [2.24, 2.45) is 0 Å². The number of benzene rings is 3. The molecule has 0 fully saturated rings. The van der Waals surface area contributed by atoms with E-state index in [-0.39, 0.29) is 17.9 Å². The summed E-state index contributed by atoms with van der Waals surface area (Å²) in [6.07, 6.45) is 2.53. The molecule has 0 aliphatic heterocycles. The second kappa shape index (κ2) is 8.39. The van der Waals surface area contributed by atoms with Crippen molar-refractivity contribution in [2.75, 3.05) is 0 Å².